The van der Waals surface area contributed by atoms with Gasteiger partial charge in [0.15, 0.2) is 0 Å². The van der Waals surface area contributed by atoms with Crippen LogP contribution in [0.3, 0.4) is 0 Å². The van der Waals surface area contributed by atoms with Crippen LogP contribution < -0.4 is 5.73 Å². The van der Waals surface area contributed by atoms with Crippen LogP contribution in [0.15, 0.2) is 16.6 Å². The van der Waals surface area contributed by atoms with Crippen molar-refractivity contribution in [2.75, 3.05) is 13.1 Å². The summed E-state index contributed by atoms with van der Waals surface area (Å²) in [5.41, 5.74) is 6.16. The van der Waals surface area contributed by atoms with Gasteiger partial charge < -0.3 is 15.8 Å². The summed E-state index contributed by atoms with van der Waals surface area (Å²) < 4.78 is 1.09. The van der Waals surface area contributed by atoms with Gasteiger partial charge in [0.05, 0.1) is 8.45 Å². The maximum atomic E-state index is 12.4. The highest BCUT2D eigenvalue weighted by Crippen LogP contribution is 2.18. The van der Waals surface area contributed by atoms with E-state index in [9.17, 15) is 4.79 Å². The number of halogens is 1. The molecule has 0 saturated heterocycles. The van der Waals surface area contributed by atoms with Gasteiger partial charge in [0.25, 0.3) is 5.91 Å². The van der Waals surface area contributed by atoms with Gasteiger partial charge >= 0.3 is 0 Å². The summed E-state index contributed by atoms with van der Waals surface area (Å²) in [6.07, 6.45) is 0.371. The average Bonchev–Trinajstić information content (AvgIpc) is 2.79. The zero-order chi connectivity index (χ0) is 14.4. The van der Waals surface area contributed by atoms with Gasteiger partial charge in [0.2, 0.25) is 0 Å². The second kappa shape index (κ2) is 7.68. The number of rotatable bonds is 6. The first-order valence-corrected chi connectivity index (χ1v) is 7.89. The van der Waals surface area contributed by atoms with Crippen LogP contribution in [0.1, 0.15) is 30.6 Å². The van der Waals surface area contributed by atoms with Crippen molar-refractivity contribution in [2.24, 2.45) is 16.8 Å². The normalized spacial score (nSPS) is 11.9. The highest BCUT2D eigenvalue weighted by atomic mass is 127. The lowest BCUT2D eigenvalue weighted by molar-refractivity contribution is 0.0741. The Morgan fingerprint density at radius 1 is 1.63 bits per heavy atom. The number of hydrogen-bond acceptors (Lipinski definition) is 4. The first-order valence-electron chi connectivity index (χ1n) is 5.93. The topological polar surface area (TPSA) is 78.9 Å². The quantitative estimate of drug-likeness (QED) is 0.256. The summed E-state index contributed by atoms with van der Waals surface area (Å²) >= 11 is 3.75. The van der Waals surface area contributed by atoms with E-state index < -0.39 is 0 Å². The molecular formula is C12H18IN3O2S. The first-order chi connectivity index (χ1) is 8.93. The summed E-state index contributed by atoms with van der Waals surface area (Å²) in [5.74, 6) is 0.508. The van der Waals surface area contributed by atoms with Gasteiger partial charge in [-0.1, -0.05) is 19.0 Å². The third-order valence-corrected chi connectivity index (χ3v) is 4.24. The van der Waals surface area contributed by atoms with Crippen molar-refractivity contribution in [1.82, 2.24) is 4.90 Å². The van der Waals surface area contributed by atoms with E-state index in [0.717, 1.165) is 2.88 Å². The molecule has 0 bridgehead atoms. The molecule has 1 heterocycles. The molecule has 0 aliphatic heterocycles. The Balaban J connectivity index is 2.75. The fourth-order valence-electron chi connectivity index (χ4n) is 1.62. The number of oxime groups is 1. The molecule has 7 heteroatoms. The number of thiophene rings is 1. The molecule has 5 nitrogen and oxygen atoms in total. The second-order valence-electron chi connectivity index (χ2n) is 4.63. The van der Waals surface area contributed by atoms with Crippen LogP contribution in [0.4, 0.5) is 0 Å². The Bertz CT molecular complexity index is 460. The van der Waals surface area contributed by atoms with Crippen LogP contribution >= 0.6 is 33.9 Å². The summed E-state index contributed by atoms with van der Waals surface area (Å²) in [6, 6.07) is 1.88. The molecule has 1 amide bonds. The van der Waals surface area contributed by atoms with E-state index in [1.165, 1.54) is 0 Å². The zero-order valence-electron chi connectivity index (χ0n) is 11.0. The Kier molecular flexibility index (Phi) is 6.56. The lowest BCUT2D eigenvalue weighted by Crippen LogP contribution is -2.36. The number of nitrogens with zero attached hydrogens (tertiary/aromatic N) is 2. The SMILES string of the molecule is CC(C)CN(CCC(N)=NO)C(=O)c1csc(I)c1. The van der Waals surface area contributed by atoms with E-state index >= 15 is 0 Å². The molecular weight excluding hydrogens is 377 g/mol. The maximum absolute atomic E-state index is 12.4. The number of carbonyl (C=O) groups is 1. The van der Waals surface area contributed by atoms with Gasteiger partial charge in [-0.25, -0.2) is 0 Å². The fraction of sp³-hybridized carbons (Fsp3) is 0.500. The van der Waals surface area contributed by atoms with Gasteiger partial charge in [-0.05, 0) is 34.6 Å². The van der Waals surface area contributed by atoms with E-state index in [-0.39, 0.29) is 11.7 Å². The van der Waals surface area contributed by atoms with Gasteiger partial charge in [-0.3, -0.25) is 4.79 Å². The van der Waals surface area contributed by atoms with Crippen LogP contribution in [0, 0.1) is 8.80 Å². The molecule has 0 unspecified atom stereocenters. The van der Waals surface area contributed by atoms with Gasteiger partial charge in [0, 0.05) is 24.9 Å². The summed E-state index contributed by atoms with van der Waals surface area (Å²) in [4.78, 5) is 14.1. The first kappa shape index (κ1) is 16.2. The van der Waals surface area contributed by atoms with Crippen molar-refractivity contribution in [3.8, 4) is 0 Å². The third-order valence-electron chi connectivity index (χ3n) is 2.45. The molecule has 1 aromatic heterocycles. The Morgan fingerprint density at radius 2 is 2.32 bits per heavy atom. The molecule has 0 radical (unpaired) electrons. The number of amidine groups is 1. The molecule has 0 aliphatic rings. The van der Waals surface area contributed by atoms with Crippen LogP contribution in [0.25, 0.3) is 0 Å². The summed E-state index contributed by atoms with van der Waals surface area (Å²) in [7, 11) is 0. The van der Waals surface area contributed by atoms with E-state index in [4.69, 9.17) is 10.9 Å². The minimum Gasteiger partial charge on any atom is -0.409 e. The van der Waals surface area contributed by atoms with Gasteiger partial charge in [-0.15, -0.1) is 11.3 Å². The predicted molar refractivity (Wildman–Crippen MR) is 85.8 cm³/mol. The highest BCUT2D eigenvalue weighted by Gasteiger charge is 2.18. The summed E-state index contributed by atoms with van der Waals surface area (Å²) in [6.45, 7) is 5.23. The van der Waals surface area contributed by atoms with Crippen molar-refractivity contribution in [1.29, 1.82) is 0 Å². The minimum absolute atomic E-state index is 0.00129. The second-order valence-corrected chi connectivity index (χ2v) is 7.43. The minimum atomic E-state index is -0.00129. The molecule has 19 heavy (non-hydrogen) atoms. The van der Waals surface area contributed by atoms with Gasteiger partial charge in [-0.2, -0.15) is 0 Å². The third kappa shape index (κ3) is 5.35. The largest absolute Gasteiger partial charge is 0.409 e. The van der Waals surface area contributed by atoms with Gasteiger partial charge in [0.1, 0.15) is 5.84 Å². The molecule has 0 saturated carbocycles. The standard InChI is InChI=1S/C12H18IN3O2S/c1-8(2)6-16(4-3-11(14)15-18)12(17)9-5-10(13)19-7-9/h5,7-8,18H,3-4,6H2,1-2H3,(H2,14,15). The van der Waals surface area contributed by atoms with E-state index in [2.05, 4.69) is 41.6 Å². The zero-order valence-corrected chi connectivity index (χ0v) is 13.9. The molecule has 3 N–H and O–H groups in total. The van der Waals surface area contributed by atoms with Crippen LogP contribution in [0.2, 0.25) is 0 Å². The molecule has 1 rings (SSSR count). The van der Waals surface area contributed by atoms with Crippen LogP contribution in [0.5, 0.6) is 0 Å². The molecule has 1 aromatic rings. The molecule has 106 valence electrons. The molecule has 0 atom stereocenters. The van der Waals surface area contributed by atoms with E-state index in [1.54, 1.807) is 16.2 Å². The van der Waals surface area contributed by atoms with Crippen molar-refractivity contribution < 1.29 is 10.0 Å². The average molecular weight is 395 g/mol. The smallest absolute Gasteiger partial charge is 0.254 e. The highest BCUT2D eigenvalue weighted by molar-refractivity contribution is 14.1. The Morgan fingerprint density at radius 3 is 2.79 bits per heavy atom. The molecule has 0 fully saturated rings. The molecule has 0 aliphatic carbocycles. The number of carbonyl (C=O) groups excluding carboxylic acids is 1. The lowest BCUT2D eigenvalue weighted by Gasteiger charge is -2.24. The Labute approximate surface area is 130 Å². The number of nitrogens with two attached hydrogens (primary N) is 1. The number of hydrogen-bond donors (Lipinski definition) is 2. The maximum Gasteiger partial charge on any atom is 0.254 e. The molecule has 0 aromatic carbocycles. The van der Waals surface area contributed by atoms with Crippen molar-refractivity contribution in [3.05, 3.63) is 19.9 Å². The van der Waals surface area contributed by atoms with Crippen molar-refractivity contribution in [3.63, 3.8) is 0 Å². The predicted octanol–water partition coefficient (Wildman–Crippen LogP) is 2.59. The lowest BCUT2D eigenvalue weighted by atomic mass is 10.1. The van der Waals surface area contributed by atoms with E-state index in [1.807, 2.05) is 11.4 Å². The Hall–Kier alpha value is -0.830. The van der Waals surface area contributed by atoms with Crippen molar-refractivity contribution in [2.45, 2.75) is 20.3 Å². The van der Waals surface area contributed by atoms with E-state index in [0.29, 0.717) is 31.0 Å². The van der Waals surface area contributed by atoms with Crippen LogP contribution in [-0.4, -0.2) is 34.9 Å². The van der Waals surface area contributed by atoms with Crippen LogP contribution in [-0.2, 0) is 0 Å². The monoisotopic (exact) mass is 395 g/mol. The summed E-state index contributed by atoms with van der Waals surface area (Å²) in [5, 5.41) is 13.3. The molecule has 0 spiro atoms. The fourth-order valence-corrected chi connectivity index (χ4v) is 2.94. The van der Waals surface area contributed by atoms with Crippen molar-refractivity contribution >= 4 is 45.7 Å². The number of amides is 1.